The Morgan fingerprint density at radius 1 is 1.43 bits per heavy atom. The summed E-state index contributed by atoms with van der Waals surface area (Å²) in [6.07, 6.45) is 7.73. The molecule has 1 aliphatic rings. The maximum absolute atomic E-state index is 11.4. The Kier molecular flexibility index (Phi) is 3.60. The van der Waals surface area contributed by atoms with Gasteiger partial charge in [0.1, 0.15) is 11.4 Å². The Bertz CT molecular complexity index is 678. The molecule has 0 atom stereocenters. The van der Waals surface area contributed by atoms with Gasteiger partial charge in [0.05, 0.1) is 6.20 Å². The van der Waals surface area contributed by atoms with Crippen molar-refractivity contribution in [3.05, 3.63) is 40.8 Å². The Labute approximate surface area is 122 Å². The van der Waals surface area contributed by atoms with Crippen molar-refractivity contribution in [3.63, 3.8) is 0 Å². The Balaban J connectivity index is 1.87. The van der Waals surface area contributed by atoms with Gasteiger partial charge in [-0.1, -0.05) is 0 Å². The van der Waals surface area contributed by atoms with Crippen LogP contribution in [0.2, 0.25) is 0 Å². The zero-order valence-corrected chi connectivity index (χ0v) is 12.0. The Morgan fingerprint density at radius 3 is 2.95 bits per heavy atom. The third kappa shape index (κ3) is 2.89. The Hall–Kier alpha value is -2.37. The molecule has 0 aliphatic heterocycles. The highest BCUT2D eigenvalue weighted by molar-refractivity contribution is 5.93. The van der Waals surface area contributed by atoms with E-state index in [1.807, 2.05) is 13.2 Å². The summed E-state index contributed by atoms with van der Waals surface area (Å²) in [5, 5.41) is 16.6. The first kappa shape index (κ1) is 13.6. The molecule has 0 spiro atoms. The first-order valence-electron chi connectivity index (χ1n) is 7.11. The second kappa shape index (κ2) is 5.55. The zero-order valence-electron chi connectivity index (χ0n) is 12.0. The maximum atomic E-state index is 11.4. The number of anilines is 1. The van der Waals surface area contributed by atoms with Crippen molar-refractivity contribution in [3.8, 4) is 0 Å². The van der Waals surface area contributed by atoms with Crippen molar-refractivity contribution < 1.29 is 9.90 Å². The van der Waals surface area contributed by atoms with E-state index in [2.05, 4.69) is 15.4 Å². The summed E-state index contributed by atoms with van der Waals surface area (Å²) in [4.78, 5) is 16.0. The highest BCUT2D eigenvalue weighted by atomic mass is 16.4. The number of aromatic carboxylic acids is 1. The number of fused-ring (bicyclic) bond motifs is 1. The molecule has 2 N–H and O–H groups in total. The number of pyridine rings is 1. The normalized spacial score (nSPS) is 13.8. The van der Waals surface area contributed by atoms with Crippen molar-refractivity contribution in [2.24, 2.45) is 7.05 Å². The molecule has 0 fully saturated rings. The minimum absolute atomic E-state index is 0.250. The van der Waals surface area contributed by atoms with Crippen molar-refractivity contribution in [2.75, 3.05) is 5.32 Å². The van der Waals surface area contributed by atoms with E-state index in [-0.39, 0.29) is 5.56 Å². The second-order valence-electron chi connectivity index (χ2n) is 5.38. The van der Waals surface area contributed by atoms with Crippen LogP contribution in [0.1, 0.15) is 40.0 Å². The molecule has 0 bridgehead atoms. The van der Waals surface area contributed by atoms with E-state index in [0.717, 1.165) is 42.5 Å². The van der Waals surface area contributed by atoms with Crippen LogP contribution in [-0.4, -0.2) is 25.8 Å². The number of hydrogen-bond acceptors (Lipinski definition) is 4. The fourth-order valence-electron chi connectivity index (χ4n) is 2.68. The molecule has 0 amide bonds. The van der Waals surface area contributed by atoms with E-state index >= 15 is 0 Å². The first-order chi connectivity index (χ1) is 10.1. The molecule has 1 aliphatic carbocycles. The lowest BCUT2D eigenvalue weighted by Crippen LogP contribution is -2.14. The quantitative estimate of drug-likeness (QED) is 0.898. The average molecular weight is 286 g/mol. The number of nitrogens with one attached hydrogen (secondary N) is 1. The summed E-state index contributed by atoms with van der Waals surface area (Å²) in [6.45, 7) is 0.514. The topological polar surface area (TPSA) is 80.0 Å². The zero-order chi connectivity index (χ0) is 14.8. The summed E-state index contributed by atoms with van der Waals surface area (Å²) in [5.74, 6) is -0.489. The molecule has 2 aromatic heterocycles. The Morgan fingerprint density at radius 2 is 2.24 bits per heavy atom. The van der Waals surface area contributed by atoms with Gasteiger partial charge in [-0.05, 0) is 37.3 Å². The summed E-state index contributed by atoms with van der Waals surface area (Å²) >= 11 is 0. The summed E-state index contributed by atoms with van der Waals surface area (Å²) in [5.41, 5.74) is 3.35. The van der Waals surface area contributed by atoms with Crippen LogP contribution in [0.15, 0.2) is 18.5 Å². The molecule has 2 aromatic rings. The van der Waals surface area contributed by atoms with Crippen LogP contribution in [0.4, 0.5) is 5.82 Å². The van der Waals surface area contributed by atoms with Gasteiger partial charge in [-0.25, -0.2) is 9.78 Å². The second-order valence-corrected chi connectivity index (χ2v) is 5.38. The number of aromatic nitrogens is 3. The molecule has 0 aromatic carbocycles. The van der Waals surface area contributed by atoms with Crippen LogP contribution in [0.25, 0.3) is 0 Å². The standard InChI is InChI=1S/C15H18N4O2/c1-19-9-10(8-17-19)7-16-14-12(15(20)21)6-11-4-2-3-5-13(11)18-14/h6,8-9H,2-5,7H2,1H3,(H,16,18)(H,20,21). The third-order valence-electron chi connectivity index (χ3n) is 3.75. The third-order valence-corrected chi connectivity index (χ3v) is 3.75. The lowest BCUT2D eigenvalue weighted by Gasteiger charge is -2.18. The molecule has 0 saturated carbocycles. The molecule has 6 heteroatoms. The molecule has 110 valence electrons. The fraction of sp³-hybridized carbons (Fsp3) is 0.400. The minimum atomic E-state index is -0.940. The van der Waals surface area contributed by atoms with Crippen LogP contribution < -0.4 is 5.32 Å². The highest BCUT2D eigenvalue weighted by Gasteiger charge is 2.18. The predicted molar refractivity (Wildman–Crippen MR) is 78.4 cm³/mol. The van der Waals surface area contributed by atoms with E-state index in [0.29, 0.717) is 12.4 Å². The van der Waals surface area contributed by atoms with E-state index in [4.69, 9.17) is 0 Å². The van der Waals surface area contributed by atoms with Crippen LogP contribution in [0, 0.1) is 0 Å². The SMILES string of the molecule is Cn1cc(CNc2nc3c(cc2C(=O)O)CCCC3)cn1. The number of hydrogen-bond donors (Lipinski definition) is 2. The maximum Gasteiger partial charge on any atom is 0.339 e. The minimum Gasteiger partial charge on any atom is -0.478 e. The smallest absolute Gasteiger partial charge is 0.339 e. The largest absolute Gasteiger partial charge is 0.478 e. The highest BCUT2D eigenvalue weighted by Crippen LogP contribution is 2.25. The molecular formula is C15H18N4O2. The van der Waals surface area contributed by atoms with Crippen molar-refractivity contribution in [2.45, 2.75) is 32.2 Å². The molecule has 0 saturated heterocycles. The monoisotopic (exact) mass is 286 g/mol. The van der Waals surface area contributed by atoms with Gasteiger partial charge in [-0.3, -0.25) is 4.68 Å². The molecule has 3 rings (SSSR count). The van der Waals surface area contributed by atoms with Crippen molar-refractivity contribution in [1.29, 1.82) is 0 Å². The molecule has 6 nitrogen and oxygen atoms in total. The number of carbonyl (C=O) groups is 1. The average Bonchev–Trinajstić information content (AvgIpc) is 2.89. The van der Waals surface area contributed by atoms with Crippen LogP contribution in [0.3, 0.4) is 0 Å². The summed E-state index contributed by atoms with van der Waals surface area (Å²) in [6, 6.07) is 1.77. The lowest BCUT2D eigenvalue weighted by molar-refractivity contribution is 0.0697. The summed E-state index contributed by atoms with van der Waals surface area (Å²) in [7, 11) is 1.85. The number of aryl methyl sites for hydroxylation is 3. The first-order valence-corrected chi connectivity index (χ1v) is 7.11. The van der Waals surface area contributed by atoms with Gasteiger partial charge in [-0.15, -0.1) is 0 Å². The van der Waals surface area contributed by atoms with E-state index in [9.17, 15) is 9.90 Å². The number of nitrogens with zero attached hydrogens (tertiary/aromatic N) is 3. The number of carboxylic acid groups (broad SMARTS) is 1. The van der Waals surface area contributed by atoms with Gasteiger partial charge in [0.2, 0.25) is 0 Å². The van der Waals surface area contributed by atoms with Crippen molar-refractivity contribution >= 4 is 11.8 Å². The summed E-state index contributed by atoms with van der Waals surface area (Å²) < 4.78 is 1.72. The van der Waals surface area contributed by atoms with Gasteiger partial charge in [0.15, 0.2) is 0 Å². The van der Waals surface area contributed by atoms with Crippen LogP contribution >= 0.6 is 0 Å². The van der Waals surface area contributed by atoms with Crippen LogP contribution in [0.5, 0.6) is 0 Å². The van der Waals surface area contributed by atoms with Gasteiger partial charge < -0.3 is 10.4 Å². The molecule has 21 heavy (non-hydrogen) atoms. The van der Waals surface area contributed by atoms with Gasteiger partial charge in [-0.2, -0.15) is 5.10 Å². The van der Waals surface area contributed by atoms with Crippen molar-refractivity contribution in [1.82, 2.24) is 14.8 Å². The van der Waals surface area contributed by atoms with Gasteiger partial charge >= 0.3 is 5.97 Å². The predicted octanol–water partition coefficient (Wildman–Crippen LogP) is 2.00. The lowest BCUT2D eigenvalue weighted by atomic mass is 9.94. The number of rotatable bonds is 4. The van der Waals surface area contributed by atoms with E-state index in [1.54, 1.807) is 16.9 Å². The molecule has 0 unspecified atom stereocenters. The van der Waals surface area contributed by atoms with Gasteiger partial charge in [0.25, 0.3) is 0 Å². The van der Waals surface area contributed by atoms with E-state index in [1.165, 1.54) is 0 Å². The molecule has 2 heterocycles. The van der Waals surface area contributed by atoms with E-state index < -0.39 is 5.97 Å². The van der Waals surface area contributed by atoms with Gasteiger partial charge in [0, 0.05) is 31.0 Å². The molecular weight excluding hydrogens is 268 g/mol. The number of carboxylic acids is 1. The molecule has 0 radical (unpaired) electrons. The fourth-order valence-corrected chi connectivity index (χ4v) is 2.68. The van der Waals surface area contributed by atoms with Crippen LogP contribution in [-0.2, 0) is 26.4 Å².